The molecule has 0 radical (unpaired) electrons. The van der Waals surface area contributed by atoms with E-state index in [1.165, 1.54) is 12.8 Å². The van der Waals surface area contributed by atoms with Crippen LogP contribution in [0, 0.1) is 0 Å². The topological polar surface area (TPSA) is 41.1 Å². The van der Waals surface area contributed by atoms with Crippen molar-refractivity contribution in [2.45, 2.75) is 26.2 Å². The molecule has 3 heteroatoms. The quantitative estimate of drug-likeness (QED) is 0.462. The lowest BCUT2D eigenvalue weighted by Gasteiger charge is -2.04. The Morgan fingerprint density at radius 3 is 2.75 bits per heavy atom. The molecule has 0 aliphatic carbocycles. The number of amides is 2. The molecule has 70 valence electrons. The summed E-state index contributed by atoms with van der Waals surface area (Å²) >= 11 is 0. The van der Waals surface area contributed by atoms with E-state index in [1.54, 1.807) is 6.08 Å². The lowest BCUT2D eigenvalue weighted by molar-refractivity contribution is 0.241. The zero-order valence-electron chi connectivity index (χ0n) is 7.73. The van der Waals surface area contributed by atoms with Crippen LogP contribution in [-0.2, 0) is 0 Å². The summed E-state index contributed by atoms with van der Waals surface area (Å²) in [7, 11) is 0. The van der Waals surface area contributed by atoms with Crippen LogP contribution in [0.3, 0.4) is 0 Å². The van der Waals surface area contributed by atoms with Gasteiger partial charge in [0.2, 0.25) is 0 Å². The van der Waals surface area contributed by atoms with E-state index in [0.29, 0.717) is 6.54 Å². The summed E-state index contributed by atoms with van der Waals surface area (Å²) in [5.41, 5.74) is 0. The molecular weight excluding hydrogens is 152 g/mol. The second-order valence-corrected chi connectivity index (χ2v) is 2.63. The molecule has 0 saturated carbocycles. The van der Waals surface area contributed by atoms with Crippen LogP contribution in [0.4, 0.5) is 4.79 Å². The van der Waals surface area contributed by atoms with Crippen molar-refractivity contribution in [1.82, 2.24) is 10.6 Å². The lowest BCUT2D eigenvalue weighted by atomic mass is 10.2. The molecule has 0 bridgehead atoms. The van der Waals surface area contributed by atoms with Crippen LogP contribution in [0.15, 0.2) is 12.7 Å². The smallest absolute Gasteiger partial charge is 0.315 e. The molecule has 2 amide bonds. The molecule has 3 nitrogen and oxygen atoms in total. The van der Waals surface area contributed by atoms with E-state index in [2.05, 4.69) is 24.1 Å². The monoisotopic (exact) mass is 170 g/mol. The Balaban J connectivity index is 3.13. The van der Waals surface area contributed by atoms with Crippen molar-refractivity contribution in [1.29, 1.82) is 0 Å². The van der Waals surface area contributed by atoms with Crippen molar-refractivity contribution in [2.75, 3.05) is 13.1 Å². The molecule has 12 heavy (non-hydrogen) atoms. The van der Waals surface area contributed by atoms with E-state index in [-0.39, 0.29) is 6.03 Å². The first-order valence-electron chi connectivity index (χ1n) is 4.43. The Hall–Kier alpha value is -0.990. The number of rotatable bonds is 6. The van der Waals surface area contributed by atoms with Crippen LogP contribution in [0.5, 0.6) is 0 Å². The minimum absolute atomic E-state index is 0.106. The molecule has 0 aromatic rings. The summed E-state index contributed by atoms with van der Waals surface area (Å²) in [5, 5.41) is 5.40. The summed E-state index contributed by atoms with van der Waals surface area (Å²) in [6.45, 7) is 6.92. The van der Waals surface area contributed by atoms with Gasteiger partial charge in [-0.2, -0.15) is 0 Å². The zero-order chi connectivity index (χ0) is 9.23. The molecule has 0 fully saturated rings. The van der Waals surface area contributed by atoms with E-state index >= 15 is 0 Å². The first-order chi connectivity index (χ1) is 5.81. The highest BCUT2D eigenvalue weighted by Gasteiger charge is 1.94. The van der Waals surface area contributed by atoms with E-state index in [4.69, 9.17) is 0 Å². The number of nitrogens with one attached hydrogen (secondary N) is 2. The summed E-state index contributed by atoms with van der Waals surface area (Å²) in [4.78, 5) is 10.9. The maximum atomic E-state index is 10.9. The summed E-state index contributed by atoms with van der Waals surface area (Å²) in [6, 6.07) is -0.106. The van der Waals surface area contributed by atoms with E-state index in [0.717, 1.165) is 13.0 Å². The Labute approximate surface area is 74.2 Å². The first kappa shape index (κ1) is 11.0. The fraction of sp³-hybridized carbons (Fsp3) is 0.667. The van der Waals surface area contributed by atoms with Crippen molar-refractivity contribution >= 4 is 6.03 Å². The third-order valence-corrected chi connectivity index (χ3v) is 1.47. The number of hydrogen-bond acceptors (Lipinski definition) is 1. The molecule has 0 aromatic heterocycles. The van der Waals surface area contributed by atoms with Crippen molar-refractivity contribution in [3.63, 3.8) is 0 Å². The van der Waals surface area contributed by atoms with Crippen LogP contribution in [0.2, 0.25) is 0 Å². The number of carbonyl (C=O) groups is 1. The second-order valence-electron chi connectivity index (χ2n) is 2.63. The zero-order valence-corrected chi connectivity index (χ0v) is 7.73. The van der Waals surface area contributed by atoms with Crippen LogP contribution in [0.25, 0.3) is 0 Å². The predicted molar refractivity (Wildman–Crippen MR) is 51.1 cm³/mol. The molecule has 0 aliphatic heterocycles. The van der Waals surface area contributed by atoms with Crippen LogP contribution in [-0.4, -0.2) is 19.1 Å². The van der Waals surface area contributed by atoms with Crippen LogP contribution in [0.1, 0.15) is 26.2 Å². The molecule has 2 N–H and O–H groups in total. The van der Waals surface area contributed by atoms with Crippen molar-refractivity contribution in [3.8, 4) is 0 Å². The molecule has 0 unspecified atom stereocenters. The third kappa shape index (κ3) is 7.12. The van der Waals surface area contributed by atoms with Gasteiger partial charge in [-0.15, -0.1) is 6.58 Å². The van der Waals surface area contributed by atoms with E-state index in [1.807, 2.05) is 0 Å². The number of carbonyl (C=O) groups excluding carboxylic acids is 1. The second kappa shape index (κ2) is 8.11. The average molecular weight is 170 g/mol. The fourth-order valence-electron chi connectivity index (χ4n) is 0.804. The highest BCUT2D eigenvalue weighted by molar-refractivity contribution is 5.73. The predicted octanol–water partition coefficient (Wildman–Crippen LogP) is 1.66. The third-order valence-electron chi connectivity index (χ3n) is 1.47. The molecule has 0 aliphatic rings. The van der Waals surface area contributed by atoms with Crippen molar-refractivity contribution in [2.24, 2.45) is 0 Å². The van der Waals surface area contributed by atoms with Crippen molar-refractivity contribution < 1.29 is 4.79 Å². The summed E-state index contributed by atoms with van der Waals surface area (Å²) in [6.07, 6.45) is 5.06. The minimum atomic E-state index is -0.106. The normalized spacial score (nSPS) is 9.08. The number of hydrogen-bond donors (Lipinski definition) is 2. The van der Waals surface area contributed by atoms with Gasteiger partial charge in [-0.25, -0.2) is 4.79 Å². The Bertz CT molecular complexity index is 134. The van der Waals surface area contributed by atoms with E-state index < -0.39 is 0 Å². The highest BCUT2D eigenvalue weighted by Crippen LogP contribution is 1.90. The Morgan fingerprint density at radius 1 is 1.42 bits per heavy atom. The molecule has 0 atom stereocenters. The Kier molecular flexibility index (Phi) is 7.44. The Morgan fingerprint density at radius 2 is 2.17 bits per heavy atom. The molecule has 0 heterocycles. The summed E-state index contributed by atoms with van der Waals surface area (Å²) < 4.78 is 0. The summed E-state index contributed by atoms with van der Waals surface area (Å²) in [5.74, 6) is 0. The molecule has 0 rings (SSSR count). The fourth-order valence-corrected chi connectivity index (χ4v) is 0.804. The van der Waals surface area contributed by atoms with Gasteiger partial charge in [0.1, 0.15) is 0 Å². The SMILES string of the molecule is C=CCNC(=O)NCCCCC. The van der Waals surface area contributed by atoms with Gasteiger partial charge in [0.25, 0.3) is 0 Å². The van der Waals surface area contributed by atoms with Gasteiger partial charge in [-0.1, -0.05) is 25.8 Å². The van der Waals surface area contributed by atoms with E-state index in [9.17, 15) is 4.79 Å². The molecule has 0 aromatic carbocycles. The minimum Gasteiger partial charge on any atom is -0.338 e. The van der Waals surface area contributed by atoms with Gasteiger partial charge in [0.05, 0.1) is 0 Å². The first-order valence-corrected chi connectivity index (χ1v) is 4.43. The standard InChI is InChI=1S/C9H18N2O/c1-3-5-6-8-11-9(12)10-7-4-2/h4H,2-3,5-8H2,1H3,(H2,10,11,12). The van der Waals surface area contributed by atoms with Gasteiger partial charge in [-0.05, 0) is 6.42 Å². The number of unbranched alkanes of at least 4 members (excludes halogenated alkanes) is 2. The van der Waals surface area contributed by atoms with Crippen molar-refractivity contribution in [3.05, 3.63) is 12.7 Å². The largest absolute Gasteiger partial charge is 0.338 e. The van der Waals surface area contributed by atoms with Gasteiger partial charge in [0.15, 0.2) is 0 Å². The molecule has 0 saturated heterocycles. The average Bonchev–Trinajstić information content (AvgIpc) is 2.09. The maximum absolute atomic E-state index is 10.9. The van der Waals surface area contributed by atoms with Gasteiger partial charge in [-0.3, -0.25) is 0 Å². The molecular formula is C9H18N2O. The number of urea groups is 1. The van der Waals surface area contributed by atoms with Gasteiger partial charge >= 0.3 is 6.03 Å². The molecule has 0 spiro atoms. The lowest BCUT2D eigenvalue weighted by Crippen LogP contribution is -2.35. The van der Waals surface area contributed by atoms with Crippen LogP contribution < -0.4 is 10.6 Å². The maximum Gasteiger partial charge on any atom is 0.315 e. The highest BCUT2D eigenvalue weighted by atomic mass is 16.2. The van der Waals surface area contributed by atoms with Gasteiger partial charge < -0.3 is 10.6 Å². The van der Waals surface area contributed by atoms with Gasteiger partial charge in [0, 0.05) is 13.1 Å². The van der Waals surface area contributed by atoms with Crippen LogP contribution >= 0.6 is 0 Å².